The summed E-state index contributed by atoms with van der Waals surface area (Å²) in [4.78, 5) is 14.2. The molecule has 1 aromatic rings. The number of methoxy groups -OCH3 is 1. The van der Waals surface area contributed by atoms with Crippen LogP contribution in [-0.4, -0.2) is 31.0 Å². The van der Waals surface area contributed by atoms with Gasteiger partial charge in [-0.25, -0.2) is 0 Å². The molecule has 1 amide bonds. The molecule has 0 N–H and O–H groups in total. The van der Waals surface area contributed by atoms with Crippen molar-refractivity contribution >= 4 is 21.8 Å². The maximum absolute atomic E-state index is 12.4. The van der Waals surface area contributed by atoms with Gasteiger partial charge in [0.2, 0.25) is 0 Å². The summed E-state index contributed by atoms with van der Waals surface area (Å²) in [6.07, 6.45) is 0. The Kier molecular flexibility index (Phi) is 5.00. The van der Waals surface area contributed by atoms with E-state index in [0.29, 0.717) is 18.7 Å². The maximum Gasteiger partial charge on any atom is 0.255 e. The Labute approximate surface area is 111 Å². The van der Waals surface area contributed by atoms with Crippen molar-refractivity contribution in [2.75, 3.05) is 20.2 Å². The second-order valence-electron chi connectivity index (χ2n) is 3.73. The molecule has 0 unspecified atom stereocenters. The molecule has 17 heavy (non-hydrogen) atoms. The van der Waals surface area contributed by atoms with E-state index in [1.807, 2.05) is 32.9 Å². The number of halogens is 1. The molecular weight excluding hydrogens is 282 g/mol. The lowest BCUT2D eigenvalue weighted by Gasteiger charge is -2.21. The number of hydrogen-bond acceptors (Lipinski definition) is 2. The Bertz CT molecular complexity index is 414. The van der Waals surface area contributed by atoms with Crippen LogP contribution in [0.25, 0.3) is 0 Å². The molecule has 0 fully saturated rings. The topological polar surface area (TPSA) is 29.5 Å². The highest BCUT2D eigenvalue weighted by Crippen LogP contribution is 2.29. The highest BCUT2D eigenvalue weighted by Gasteiger charge is 2.20. The summed E-state index contributed by atoms with van der Waals surface area (Å²) >= 11 is 3.43. The molecule has 1 aromatic carbocycles. The minimum atomic E-state index is 0.0401. The van der Waals surface area contributed by atoms with Crippen LogP contribution in [0.4, 0.5) is 0 Å². The summed E-state index contributed by atoms with van der Waals surface area (Å²) < 4.78 is 6.06. The Morgan fingerprint density at radius 3 is 2.41 bits per heavy atom. The van der Waals surface area contributed by atoms with E-state index in [2.05, 4.69) is 15.9 Å². The molecule has 0 heterocycles. The lowest BCUT2D eigenvalue weighted by Crippen LogP contribution is -2.31. The van der Waals surface area contributed by atoms with Crippen molar-refractivity contribution in [1.29, 1.82) is 0 Å². The highest BCUT2D eigenvalue weighted by molar-refractivity contribution is 9.10. The monoisotopic (exact) mass is 299 g/mol. The second-order valence-corrected chi connectivity index (χ2v) is 4.58. The zero-order valence-corrected chi connectivity index (χ0v) is 12.3. The van der Waals surface area contributed by atoms with Gasteiger partial charge in [-0.3, -0.25) is 4.79 Å². The van der Waals surface area contributed by atoms with Gasteiger partial charge in [0, 0.05) is 23.1 Å². The molecule has 0 spiro atoms. The van der Waals surface area contributed by atoms with E-state index >= 15 is 0 Å². The summed E-state index contributed by atoms with van der Waals surface area (Å²) in [6, 6.07) is 3.71. The van der Waals surface area contributed by atoms with Crippen molar-refractivity contribution in [1.82, 2.24) is 4.90 Å². The fourth-order valence-corrected chi connectivity index (χ4v) is 2.41. The van der Waals surface area contributed by atoms with Gasteiger partial charge in [-0.05, 0) is 48.8 Å². The number of nitrogens with zero attached hydrogens (tertiary/aromatic N) is 1. The normalized spacial score (nSPS) is 10.2. The third-order valence-electron chi connectivity index (χ3n) is 2.85. The van der Waals surface area contributed by atoms with E-state index in [1.54, 1.807) is 12.0 Å². The van der Waals surface area contributed by atoms with Crippen molar-refractivity contribution in [2.45, 2.75) is 20.8 Å². The summed E-state index contributed by atoms with van der Waals surface area (Å²) in [7, 11) is 1.61. The lowest BCUT2D eigenvalue weighted by molar-refractivity contribution is 0.0771. The average molecular weight is 300 g/mol. The lowest BCUT2D eigenvalue weighted by atomic mass is 10.1. The SMILES string of the molecule is CCN(CC)C(=O)c1c(Br)ccc(OC)c1C. The van der Waals surface area contributed by atoms with Crippen LogP contribution in [0.2, 0.25) is 0 Å². The molecular formula is C13H18BrNO2. The van der Waals surface area contributed by atoms with Crippen LogP contribution >= 0.6 is 15.9 Å². The first-order chi connectivity index (χ1) is 8.06. The minimum Gasteiger partial charge on any atom is -0.496 e. The van der Waals surface area contributed by atoms with Crippen LogP contribution in [0.5, 0.6) is 5.75 Å². The average Bonchev–Trinajstić information content (AvgIpc) is 2.31. The van der Waals surface area contributed by atoms with Crippen LogP contribution in [0.1, 0.15) is 29.8 Å². The van der Waals surface area contributed by atoms with Crippen LogP contribution in [-0.2, 0) is 0 Å². The van der Waals surface area contributed by atoms with E-state index in [4.69, 9.17) is 4.74 Å². The zero-order valence-electron chi connectivity index (χ0n) is 10.7. The smallest absolute Gasteiger partial charge is 0.255 e. The number of amides is 1. The van der Waals surface area contributed by atoms with E-state index < -0.39 is 0 Å². The van der Waals surface area contributed by atoms with Crippen molar-refractivity contribution in [3.63, 3.8) is 0 Å². The van der Waals surface area contributed by atoms with Crippen LogP contribution in [0.15, 0.2) is 16.6 Å². The molecule has 4 heteroatoms. The molecule has 0 aromatic heterocycles. The van der Waals surface area contributed by atoms with Crippen LogP contribution in [0.3, 0.4) is 0 Å². The molecule has 0 saturated carbocycles. The van der Waals surface area contributed by atoms with Gasteiger partial charge in [0.15, 0.2) is 0 Å². The van der Waals surface area contributed by atoms with Crippen molar-refractivity contribution < 1.29 is 9.53 Å². The predicted molar refractivity (Wildman–Crippen MR) is 72.7 cm³/mol. The molecule has 0 bridgehead atoms. The number of hydrogen-bond donors (Lipinski definition) is 0. The predicted octanol–water partition coefficient (Wildman–Crippen LogP) is 3.25. The largest absolute Gasteiger partial charge is 0.496 e. The van der Waals surface area contributed by atoms with Crippen molar-refractivity contribution in [3.05, 3.63) is 27.7 Å². The van der Waals surface area contributed by atoms with Crippen LogP contribution < -0.4 is 4.74 Å². The first kappa shape index (κ1) is 14.0. The molecule has 0 aliphatic rings. The zero-order chi connectivity index (χ0) is 13.0. The third kappa shape index (κ3) is 2.80. The standard InChI is InChI=1S/C13H18BrNO2/c1-5-15(6-2)13(16)12-9(3)11(17-4)8-7-10(12)14/h7-8H,5-6H2,1-4H3. The molecule has 0 atom stereocenters. The van der Waals surface area contributed by atoms with Crippen molar-refractivity contribution in [3.8, 4) is 5.75 Å². The van der Waals surface area contributed by atoms with Gasteiger partial charge in [0.05, 0.1) is 12.7 Å². The Morgan fingerprint density at radius 1 is 1.35 bits per heavy atom. The van der Waals surface area contributed by atoms with Gasteiger partial charge in [-0.15, -0.1) is 0 Å². The third-order valence-corrected chi connectivity index (χ3v) is 3.51. The summed E-state index contributed by atoms with van der Waals surface area (Å²) in [6.45, 7) is 7.27. The van der Waals surface area contributed by atoms with E-state index in [0.717, 1.165) is 15.8 Å². The summed E-state index contributed by atoms with van der Waals surface area (Å²) in [5.41, 5.74) is 1.56. The van der Waals surface area contributed by atoms with Crippen molar-refractivity contribution in [2.24, 2.45) is 0 Å². The Morgan fingerprint density at radius 2 is 1.94 bits per heavy atom. The number of carbonyl (C=O) groups excluding carboxylic acids is 1. The summed E-state index contributed by atoms with van der Waals surface area (Å²) in [5, 5.41) is 0. The van der Waals surface area contributed by atoms with E-state index in [-0.39, 0.29) is 5.91 Å². The first-order valence-corrected chi connectivity index (χ1v) is 6.48. The van der Waals surface area contributed by atoms with Gasteiger partial charge >= 0.3 is 0 Å². The molecule has 0 aliphatic heterocycles. The maximum atomic E-state index is 12.4. The fourth-order valence-electron chi connectivity index (χ4n) is 1.81. The van der Waals surface area contributed by atoms with Gasteiger partial charge < -0.3 is 9.64 Å². The molecule has 1 rings (SSSR count). The number of rotatable bonds is 4. The number of ether oxygens (including phenoxy) is 1. The molecule has 3 nitrogen and oxygen atoms in total. The Balaban J connectivity index is 3.25. The quantitative estimate of drug-likeness (QED) is 0.854. The molecule has 94 valence electrons. The highest BCUT2D eigenvalue weighted by atomic mass is 79.9. The van der Waals surface area contributed by atoms with Gasteiger partial charge in [0.25, 0.3) is 5.91 Å². The first-order valence-electron chi connectivity index (χ1n) is 5.69. The molecule has 0 radical (unpaired) electrons. The number of carbonyl (C=O) groups is 1. The van der Waals surface area contributed by atoms with E-state index in [1.165, 1.54) is 0 Å². The minimum absolute atomic E-state index is 0.0401. The Hall–Kier alpha value is -1.03. The van der Waals surface area contributed by atoms with Gasteiger partial charge in [-0.2, -0.15) is 0 Å². The summed E-state index contributed by atoms with van der Waals surface area (Å²) in [5.74, 6) is 0.780. The van der Waals surface area contributed by atoms with E-state index in [9.17, 15) is 4.79 Å². The van der Waals surface area contributed by atoms with Crippen LogP contribution in [0, 0.1) is 6.92 Å². The van der Waals surface area contributed by atoms with Gasteiger partial charge in [0.1, 0.15) is 5.75 Å². The number of benzene rings is 1. The fraction of sp³-hybridized carbons (Fsp3) is 0.462. The molecule has 0 aliphatic carbocycles. The molecule has 0 saturated heterocycles. The van der Waals surface area contributed by atoms with Gasteiger partial charge in [-0.1, -0.05) is 0 Å². The second kappa shape index (κ2) is 6.05.